The van der Waals surface area contributed by atoms with Crippen molar-refractivity contribution in [3.05, 3.63) is 0 Å². The molecule has 0 aromatic heterocycles. The van der Waals surface area contributed by atoms with Crippen LogP contribution in [0.5, 0.6) is 0 Å². The second-order valence-electron chi connectivity index (χ2n) is 3.61. The summed E-state index contributed by atoms with van der Waals surface area (Å²) >= 11 is 0. The second kappa shape index (κ2) is 3.44. The maximum Gasteiger partial charge on any atom is 0.308 e. The minimum absolute atomic E-state index is 0.130. The van der Waals surface area contributed by atoms with Gasteiger partial charge >= 0.3 is 5.97 Å². The van der Waals surface area contributed by atoms with Crippen LogP contribution in [0.15, 0.2) is 0 Å². The molecule has 0 radical (unpaired) electrons. The van der Waals surface area contributed by atoms with Gasteiger partial charge in [-0.25, -0.2) is 0 Å². The number of hydrogen-bond acceptors (Lipinski definition) is 3. The van der Waals surface area contributed by atoms with Crippen molar-refractivity contribution >= 4 is 5.97 Å². The lowest BCUT2D eigenvalue weighted by molar-refractivity contribution is -0.148. The Bertz CT molecular complexity index is 171. The molecule has 1 aliphatic rings. The first kappa shape index (κ1) is 9.52. The van der Waals surface area contributed by atoms with Gasteiger partial charge < -0.3 is 9.84 Å². The van der Waals surface area contributed by atoms with Crippen LogP contribution >= 0.6 is 0 Å². The van der Waals surface area contributed by atoms with E-state index in [1.165, 1.54) is 0 Å². The summed E-state index contributed by atoms with van der Waals surface area (Å²) in [5.74, 6) is 0.0105. The van der Waals surface area contributed by atoms with E-state index in [2.05, 4.69) is 0 Å². The Kier molecular flexibility index (Phi) is 2.73. The molecular formula is C9H16O3. The molecule has 1 atom stereocenters. The van der Waals surface area contributed by atoms with Crippen molar-refractivity contribution < 1.29 is 14.6 Å². The third-order valence-corrected chi connectivity index (χ3v) is 2.26. The van der Waals surface area contributed by atoms with Gasteiger partial charge in [0, 0.05) is 0 Å². The van der Waals surface area contributed by atoms with Gasteiger partial charge in [0.25, 0.3) is 0 Å². The van der Waals surface area contributed by atoms with E-state index in [4.69, 9.17) is 4.74 Å². The number of carbonyl (C=O) groups excluding carboxylic acids is 1. The van der Waals surface area contributed by atoms with Gasteiger partial charge in [-0.05, 0) is 32.6 Å². The number of esters is 1. The molecule has 3 heteroatoms. The summed E-state index contributed by atoms with van der Waals surface area (Å²) in [4.78, 5) is 11.0. The van der Waals surface area contributed by atoms with Crippen molar-refractivity contribution in [3.8, 4) is 0 Å². The molecule has 0 heterocycles. The first-order chi connectivity index (χ1) is 5.56. The van der Waals surface area contributed by atoms with Gasteiger partial charge in [0.15, 0.2) is 0 Å². The van der Waals surface area contributed by atoms with Gasteiger partial charge in [0.2, 0.25) is 0 Å². The molecule has 12 heavy (non-hydrogen) atoms. The lowest BCUT2D eigenvalue weighted by Gasteiger charge is -2.21. The van der Waals surface area contributed by atoms with Gasteiger partial charge in [-0.1, -0.05) is 0 Å². The fraction of sp³-hybridized carbons (Fsp3) is 0.889. The number of ether oxygens (including phenoxy) is 1. The standard InChI is InChI=1S/C9H16O3/c1-3-12-8(10)6-9(2,11)7-4-5-7/h7,11H,3-6H2,1-2H3/t9-/m1/s1. The van der Waals surface area contributed by atoms with Crippen molar-refractivity contribution in [1.29, 1.82) is 0 Å². The van der Waals surface area contributed by atoms with E-state index in [1.807, 2.05) is 0 Å². The Hall–Kier alpha value is -0.570. The van der Waals surface area contributed by atoms with Crippen LogP contribution in [0.3, 0.4) is 0 Å². The molecule has 0 aromatic rings. The first-order valence-corrected chi connectivity index (χ1v) is 4.44. The fourth-order valence-electron chi connectivity index (χ4n) is 1.35. The quantitative estimate of drug-likeness (QED) is 0.646. The Labute approximate surface area is 72.7 Å². The van der Waals surface area contributed by atoms with Crippen molar-refractivity contribution in [2.24, 2.45) is 5.92 Å². The summed E-state index contributed by atoms with van der Waals surface area (Å²) in [7, 11) is 0. The van der Waals surface area contributed by atoms with Crippen molar-refractivity contribution in [3.63, 3.8) is 0 Å². The zero-order valence-corrected chi connectivity index (χ0v) is 7.67. The molecule has 1 N–H and O–H groups in total. The van der Waals surface area contributed by atoms with Gasteiger partial charge in [-0.3, -0.25) is 4.79 Å². The molecule has 1 fully saturated rings. The Balaban J connectivity index is 2.32. The smallest absolute Gasteiger partial charge is 0.308 e. The van der Waals surface area contributed by atoms with Crippen molar-refractivity contribution in [2.75, 3.05) is 6.61 Å². The molecule has 70 valence electrons. The van der Waals surface area contributed by atoms with Crippen molar-refractivity contribution in [2.45, 2.75) is 38.7 Å². The molecule has 0 unspecified atom stereocenters. The lowest BCUT2D eigenvalue weighted by atomic mass is 9.97. The Morgan fingerprint density at radius 2 is 2.25 bits per heavy atom. The van der Waals surface area contributed by atoms with Gasteiger partial charge in [-0.15, -0.1) is 0 Å². The zero-order chi connectivity index (χ0) is 9.19. The summed E-state index contributed by atoms with van der Waals surface area (Å²) < 4.78 is 4.76. The maximum absolute atomic E-state index is 11.0. The average molecular weight is 172 g/mol. The van der Waals surface area contributed by atoms with Crippen LogP contribution in [-0.2, 0) is 9.53 Å². The van der Waals surface area contributed by atoms with Crippen LogP contribution in [0.1, 0.15) is 33.1 Å². The topological polar surface area (TPSA) is 46.5 Å². The predicted octanol–water partition coefficient (Wildman–Crippen LogP) is 1.10. The van der Waals surface area contributed by atoms with E-state index in [0.717, 1.165) is 12.8 Å². The highest BCUT2D eigenvalue weighted by Gasteiger charge is 2.41. The molecule has 0 spiro atoms. The normalized spacial score (nSPS) is 21.6. The summed E-state index contributed by atoms with van der Waals surface area (Å²) in [5.41, 5.74) is -0.841. The molecule has 0 aliphatic heterocycles. The summed E-state index contributed by atoms with van der Waals surface area (Å²) in [5, 5.41) is 9.75. The van der Waals surface area contributed by atoms with E-state index >= 15 is 0 Å². The van der Waals surface area contributed by atoms with Gasteiger partial charge in [0.1, 0.15) is 0 Å². The van der Waals surface area contributed by atoms with E-state index in [1.54, 1.807) is 13.8 Å². The largest absolute Gasteiger partial charge is 0.466 e. The Morgan fingerprint density at radius 1 is 1.67 bits per heavy atom. The SMILES string of the molecule is CCOC(=O)C[C@@](C)(O)C1CC1. The molecule has 0 bridgehead atoms. The third-order valence-electron chi connectivity index (χ3n) is 2.26. The molecule has 1 rings (SSSR count). The highest BCUT2D eigenvalue weighted by atomic mass is 16.5. The fourth-order valence-corrected chi connectivity index (χ4v) is 1.35. The molecule has 0 saturated heterocycles. The zero-order valence-electron chi connectivity index (χ0n) is 7.67. The molecule has 0 amide bonds. The van der Waals surface area contributed by atoms with Crippen LogP contribution in [0.2, 0.25) is 0 Å². The maximum atomic E-state index is 11.0. The molecule has 0 aromatic carbocycles. The number of hydrogen-bond donors (Lipinski definition) is 1. The van der Waals surface area contributed by atoms with Crippen LogP contribution in [-0.4, -0.2) is 23.3 Å². The highest BCUT2D eigenvalue weighted by molar-refractivity contribution is 5.70. The highest BCUT2D eigenvalue weighted by Crippen LogP contribution is 2.41. The number of rotatable bonds is 4. The van der Waals surface area contributed by atoms with E-state index in [9.17, 15) is 9.90 Å². The monoisotopic (exact) mass is 172 g/mol. The van der Waals surface area contributed by atoms with Crippen LogP contribution in [0, 0.1) is 5.92 Å². The van der Waals surface area contributed by atoms with Gasteiger partial charge in [-0.2, -0.15) is 0 Å². The second-order valence-corrected chi connectivity index (χ2v) is 3.61. The molecule has 1 saturated carbocycles. The van der Waals surface area contributed by atoms with Gasteiger partial charge in [0.05, 0.1) is 18.6 Å². The molecular weight excluding hydrogens is 156 g/mol. The van der Waals surface area contributed by atoms with Crippen LogP contribution < -0.4 is 0 Å². The first-order valence-electron chi connectivity index (χ1n) is 4.44. The summed E-state index contributed by atoms with van der Waals surface area (Å²) in [6.07, 6.45) is 2.20. The average Bonchev–Trinajstić information content (AvgIpc) is 2.65. The summed E-state index contributed by atoms with van der Waals surface area (Å²) in [6.45, 7) is 3.87. The Morgan fingerprint density at radius 3 is 2.67 bits per heavy atom. The van der Waals surface area contributed by atoms with Crippen LogP contribution in [0.4, 0.5) is 0 Å². The lowest BCUT2D eigenvalue weighted by Crippen LogP contribution is -2.31. The summed E-state index contributed by atoms with van der Waals surface area (Å²) in [6, 6.07) is 0. The number of aliphatic hydroxyl groups is 1. The third kappa shape index (κ3) is 2.48. The molecule has 3 nitrogen and oxygen atoms in total. The van der Waals surface area contributed by atoms with Crippen LogP contribution in [0.25, 0.3) is 0 Å². The van der Waals surface area contributed by atoms with Crippen molar-refractivity contribution in [1.82, 2.24) is 0 Å². The minimum Gasteiger partial charge on any atom is -0.466 e. The molecule has 1 aliphatic carbocycles. The predicted molar refractivity (Wildman–Crippen MR) is 44.6 cm³/mol. The number of carbonyl (C=O) groups is 1. The minimum atomic E-state index is -0.841. The van der Waals surface area contributed by atoms with E-state index in [-0.39, 0.29) is 12.4 Å². The van der Waals surface area contributed by atoms with E-state index < -0.39 is 5.60 Å². The van der Waals surface area contributed by atoms with E-state index in [0.29, 0.717) is 12.5 Å².